The predicted octanol–water partition coefficient (Wildman–Crippen LogP) is 3.93. The lowest BCUT2D eigenvalue weighted by molar-refractivity contribution is 0.0697. The van der Waals surface area contributed by atoms with Crippen LogP contribution >= 0.6 is 15.9 Å². The summed E-state index contributed by atoms with van der Waals surface area (Å²) in [5.41, 5.74) is 2.31. The van der Waals surface area contributed by atoms with E-state index < -0.39 is 5.97 Å². The molecule has 21 heavy (non-hydrogen) atoms. The van der Waals surface area contributed by atoms with Gasteiger partial charge in [-0.1, -0.05) is 0 Å². The van der Waals surface area contributed by atoms with Crippen molar-refractivity contribution in [3.8, 4) is 5.69 Å². The van der Waals surface area contributed by atoms with E-state index in [9.17, 15) is 9.18 Å². The van der Waals surface area contributed by atoms with Crippen LogP contribution in [0.2, 0.25) is 0 Å². The van der Waals surface area contributed by atoms with Crippen LogP contribution in [0.1, 0.15) is 16.2 Å². The molecule has 0 aliphatic carbocycles. The lowest BCUT2D eigenvalue weighted by Crippen LogP contribution is -1.98. The van der Waals surface area contributed by atoms with Gasteiger partial charge in [0.25, 0.3) is 0 Å². The molecule has 0 saturated heterocycles. The minimum Gasteiger partial charge on any atom is -0.478 e. The molecule has 0 radical (unpaired) electrons. The highest BCUT2D eigenvalue weighted by atomic mass is 79.9. The van der Waals surface area contributed by atoms with Crippen LogP contribution in [-0.4, -0.2) is 20.6 Å². The van der Waals surface area contributed by atoms with Crippen molar-refractivity contribution in [3.63, 3.8) is 0 Å². The Kier molecular flexibility index (Phi) is 3.25. The number of imidazole rings is 1. The first-order valence-corrected chi connectivity index (χ1v) is 6.94. The zero-order chi connectivity index (χ0) is 15.1. The van der Waals surface area contributed by atoms with Gasteiger partial charge in [-0.2, -0.15) is 0 Å². The van der Waals surface area contributed by atoms with E-state index >= 15 is 0 Å². The fraction of sp³-hybridized carbons (Fsp3) is 0.0667. The fourth-order valence-electron chi connectivity index (χ4n) is 2.28. The van der Waals surface area contributed by atoms with Crippen molar-refractivity contribution in [2.24, 2.45) is 0 Å². The highest BCUT2D eigenvalue weighted by molar-refractivity contribution is 9.10. The molecule has 0 spiro atoms. The van der Waals surface area contributed by atoms with Gasteiger partial charge in [-0.3, -0.25) is 4.57 Å². The summed E-state index contributed by atoms with van der Waals surface area (Å²) in [6.07, 6.45) is 0. The highest BCUT2D eigenvalue weighted by Crippen LogP contribution is 2.25. The Morgan fingerprint density at radius 2 is 2.05 bits per heavy atom. The van der Waals surface area contributed by atoms with Crippen molar-refractivity contribution >= 4 is 32.9 Å². The Bertz CT molecular complexity index is 873. The minimum atomic E-state index is -0.992. The van der Waals surface area contributed by atoms with Crippen LogP contribution in [0.25, 0.3) is 16.7 Å². The molecular weight excluding hydrogens is 339 g/mol. The Morgan fingerprint density at radius 1 is 1.29 bits per heavy atom. The monoisotopic (exact) mass is 348 g/mol. The van der Waals surface area contributed by atoms with Gasteiger partial charge < -0.3 is 5.11 Å². The van der Waals surface area contributed by atoms with E-state index in [0.717, 1.165) is 11.2 Å². The molecule has 1 heterocycles. The number of aromatic carboxylic acids is 1. The molecule has 1 aromatic heterocycles. The van der Waals surface area contributed by atoms with Gasteiger partial charge in [-0.15, -0.1) is 0 Å². The average molecular weight is 349 g/mol. The van der Waals surface area contributed by atoms with Gasteiger partial charge in [-0.05, 0) is 59.3 Å². The maximum atomic E-state index is 13.4. The van der Waals surface area contributed by atoms with Crippen LogP contribution in [0.4, 0.5) is 4.39 Å². The normalized spacial score (nSPS) is 11.0. The Hall–Kier alpha value is -2.21. The van der Waals surface area contributed by atoms with E-state index in [0.29, 0.717) is 15.8 Å². The third kappa shape index (κ3) is 2.31. The molecule has 0 aliphatic rings. The largest absolute Gasteiger partial charge is 0.478 e. The Morgan fingerprint density at radius 3 is 2.71 bits per heavy atom. The van der Waals surface area contributed by atoms with E-state index in [1.54, 1.807) is 18.2 Å². The third-order valence-electron chi connectivity index (χ3n) is 3.23. The van der Waals surface area contributed by atoms with Crippen molar-refractivity contribution in [2.45, 2.75) is 6.92 Å². The van der Waals surface area contributed by atoms with Gasteiger partial charge in [0, 0.05) is 5.69 Å². The van der Waals surface area contributed by atoms with Gasteiger partial charge >= 0.3 is 5.97 Å². The summed E-state index contributed by atoms with van der Waals surface area (Å²) in [7, 11) is 0. The smallest absolute Gasteiger partial charge is 0.335 e. The number of halogens is 2. The molecule has 0 amide bonds. The van der Waals surface area contributed by atoms with Crippen LogP contribution in [0.5, 0.6) is 0 Å². The highest BCUT2D eigenvalue weighted by Gasteiger charge is 2.13. The molecule has 2 aromatic carbocycles. The molecule has 0 unspecified atom stereocenters. The summed E-state index contributed by atoms with van der Waals surface area (Å²) < 4.78 is 15.6. The van der Waals surface area contributed by atoms with Crippen molar-refractivity contribution in [2.75, 3.05) is 0 Å². The number of aryl methyl sites for hydroxylation is 1. The number of nitrogens with zero attached hydrogens (tertiary/aromatic N) is 2. The average Bonchev–Trinajstić information content (AvgIpc) is 2.76. The van der Waals surface area contributed by atoms with Crippen LogP contribution < -0.4 is 0 Å². The molecule has 106 valence electrons. The van der Waals surface area contributed by atoms with Gasteiger partial charge in [0.1, 0.15) is 11.6 Å². The van der Waals surface area contributed by atoms with E-state index in [4.69, 9.17) is 5.11 Å². The van der Waals surface area contributed by atoms with E-state index in [-0.39, 0.29) is 11.4 Å². The number of aromatic nitrogens is 2. The van der Waals surface area contributed by atoms with Crippen LogP contribution in [-0.2, 0) is 0 Å². The predicted molar refractivity (Wildman–Crippen MR) is 80.4 cm³/mol. The Balaban J connectivity index is 2.25. The Labute approximate surface area is 128 Å². The van der Waals surface area contributed by atoms with E-state index in [1.165, 1.54) is 18.2 Å². The number of fused-ring (bicyclic) bond motifs is 1. The second kappa shape index (κ2) is 4.96. The lowest BCUT2D eigenvalue weighted by Gasteiger charge is -2.08. The quantitative estimate of drug-likeness (QED) is 0.763. The number of rotatable bonds is 2. The molecule has 3 rings (SSSR count). The standard InChI is InChI=1S/C15H10BrFN2O2/c1-8-18-13-6-9(15(20)21)2-5-14(13)19(8)10-3-4-12(17)11(16)7-10/h2-7H,1H3,(H,20,21). The summed E-state index contributed by atoms with van der Waals surface area (Å²) in [6.45, 7) is 1.82. The molecule has 0 saturated carbocycles. The third-order valence-corrected chi connectivity index (χ3v) is 3.84. The molecular formula is C15H10BrFN2O2. The molecule has 0 atom stereocenters. The first-order chi connectivity index (χ1) is 9.97. The van der Waals surface area contributed by atoms with Gasteiger partial charge in [-0.25, -0.2) is 14.2 Å². The zero-order valence-corrected chi connectivity index (χ0v) is 12.6. The SMILES string of the molecule is Cc1nc2cc(C(=O)O)ccc2n1-c1ccc(F)c(Br)c1. The molecule has 6 heteroatoms. The maximum Gasteiger partial charge on any atom is 0.335 e. The molecule has 1 N–H and O–H groups in total. The van der Waals surface area contributed by atoms with Crippen molar-refractivity contribution in [1.82, 2.24) is 9.55 Å². The zero-order valence-electron chi connectivity index (χ0n) is 11.0. The summed E-state index contributed by atoms with van der Waals surface area (Å²) in [4.78, 5) is 15.4. The summed E-state index contributed by atoms with van der Waals surface area (Å²) in [6, 6.07) is 9.45. The number of carbonyl (C=O) groups is 1. The first-order valence-electron chi connectivity index (χ1n) is 6.15. The summed E-state index contributed by atoms with van der Waals surface area (Å²) in [5, 5.41) is 9.02. The first kappa shape index (κ1) is 13.8. The second-order valence-corrected chi connectivity index (χ2v) is 5.46. The second-order valence-electron chi connectivity index (χ2n) is 4.60. The van der Waals surface area contributed by atoms with Crippen LogP contribution in [0.15, 0.2) is 40.9 Å². The van der Waals surface area contributed by atoms with Gasteiger partial charge in [0.15, 0.2) is 0 Å². The molecule has 0 aliphatic heterocycles. The van der Waals surface area contributed by atoms with Crippen molar-refractivity contribution < 1.29 is 14.3 Å². The maximum absolute atomic E-state index is 13.4. The molecule has 3 aromatic rings. The number of hydrogen-bond donors (Lipinski definition) is 1. The molecule has 4 nitrogen and oxygen atoms in total. The van der Waals surface area contributed by atoms with Crippen molar-refractivity contribution in [1.29, 1.82) is 0 Å². The molecule has 0 bridgehead atoms. The number of carboxylic acid groups (broad SMARTS) is 1. The minimum absolute atomic E-state index is 0.187. The van der Waals surface area contributed by atoms with Gasteiger partial charge in [0.05, 0.1) is 21.1 Å². The van der Waals surface area contributed by atoms with Crippen LogP contribution in [0, 0.1) is 12.7 Å². The number of benzene rings is 2. The van der Waals surface area contributed by atoms with E-state index in [2.05, 4.69) is 20.9 Å². The molecule has 0 fully saturated rings. The lowest BCUT2D eigenvalue weighted by atomic mass is 10.2. The number of carboxylic acids is 1. The van der Waals surface area contributed by atoms with Gasteiger partial charge in [0.2, 0.25) is 0 Å². The fourth-order valence-corrected chi connectivity index (χ4v) is 2.65. The summed E-state index contributed by atoms with van der Waals surface area (Å²) in [5.74, 6) is -0.631. The van der Waals surface area contributed by atoms with E-state index in [1.807, 2.05) is 11.5 Å². The summed E-state index contributed by atoms with van der Waals surface area (Å²) >= 11 is 3.16. The topological polar surface area (TPSA) is 55.1 Å². The number of hydrogen-bond acceptors (Lipinski definition) is 2. The van der Waals surface area contributed by atoms with Crippen LogP contribution in [0.3, 0.4) is 0 Å². The van der Waals surface area contributed by atoms with Crippen molar-refractivity contribution in [3.05, 3.63) is 58.1 Å².